The van der Waals surface area contributed by atoms with Crippen LogP contribution in [0.25, 0.3) is 0 Å². The molecule has 0 N–H and O–H groups in total. The molecule has 0 spiro atoms. The first-order valence-electron chi connectivity index (χ1n) is 4.73. The zero-order valence-electron chi connectivity index (χ0n) is 8.76. The topological polar surface area (TPSA) is 0 Å². The summed E-state index contributed by atoms with van der Waals surface area (Å²) in [5.74, 6) is 0.640. The molecule has 0 aromatic heterocycles. The second-order valence-corrected chi connectivity index (χ2v) is 4.99. The summed E-state index contributed by atoms with van der Waals surface area (Å²) in [6.45, 7) is 8.78. The molecule has 72 valence electrons. The van der Waals surface area contributed by atoms with Crippen molar-refractivity contribution in [1.82, 2.24) is 0 Å². The number of alkyl halides is 1. The quantitative estimate of drug-likeness (QED) is 0.673. The Labute approximate surface area is 89.5 Å². The summed E-state index contributed by atoms with van der Waals surface area (Å²) in [4.78, 5) is 0.480. The van der Waals surface area contributed by atoms with Gasteiger partial charge in [-0.3, -0.25) is 0 Å². The molecule has 1 unspecified atom stereocenters. The van der Waals surface area contributed by atoms with Crippen molar-refractivity contribution in [2.75, 3.05) is 0 Å². The highest BCUT2D eigenvalue weighted by Gasteiger charge is 2.13. The minimum absolute atomic E-state index is 0.480. The highest BCUT2D eigenvalue weighted by Crippen LogP contribution is 2.32. The Morgan fingerprint density at radius 2 is 1.77 bits per heavy atom. The maximum Gasteiger partial charge on any atom is 0.0420 e. The lowest BCUT2D eigenvalue weighted by Gasteiger charge is -2.16. The first-order chi connectivity index (χ1) is 6.02. The Kier molecular flexibility index (Phi) is 3.55. The van der Waals surface area contributed by atoms with Crippen molar-refractivity contribution < 1.29 is 0 Å². The van der Waals surface area contributed by atoms with Crippen LogP contribution in [0.4, 0.5) is 0 Å². The Balaban J connectivity index is 3.01. The van der Waals surface area contributed by atoms with E-state index in [1.54, 1.807) is 0 Å². The van der Waals surface area contributed by atoms with Gasteiger partial charge in [0.05, 0.1) is 0 Å². The van der Waals surface area contributed by atoms with Gasteiger partial charge in [0.15, 0.2) is 0 Å². The lowest BCUT2D eigenvalue weighted by molar-refractivity contribution is 0.638. The second kappa shape index (κ2) is 4.28. The molecule has 0 aliphatic heterocycles. The zero-order valence-corrected chi connectivity index (χ0v) is 10.4. The Hall–Kier alpha value is -0.300. The normalized spacial score (nSPS) is 13.4. The van der Waals surface area contributed by atoms with Crippen molar-refractivity contribution in [3.63, 3.8) is 0 Å². The molecule has 0 heterocycles. The maximum atomic E-state index is 3.73. The summed E-state index contributed by atoms with van der Waals surface area (Å²) in [6.07, 6.45) is 0. The molecule has 0 radical (unpaired) electrons. The van der Waals surface area contributed by atoms with E-state index < -0.39 is 0 Å². The van der Waals surface area contributed by atoms with E-state index in [1.807, 2.05) is 0 Å². The number of hydrogen-bond donors (Lipinski definition) is 0. The minimum Gasteiger partial charge on any atom is -0.0836 e. The molecule has 0 bridgehead atoms. The molecule has 0 saturated heterocycles. The minimum atomic E-state index is 0.480. The van der Waals surface area contributed by atoms with E-state index in [4.69, 9.17) is 0 Å². The lowest BCUT2D eigenvalue weighted by Crippen LogP contribution is -2.01. The summed E-state index contributed by atoms with van der Waals surface area (Å²) in [5.41, 5.74) is 4.14. The summed E-state index contributed by atoms with van der Waals surface area (Å²) in [7, 11) is 0. The number of aryl methyl sites for hydroxylation is 2. The van der Waals surface area contributed by atoms with Crippen LogP contribution in [0.5, 0.6) is 0 Å². The van der Waals surface area contributed by atoms with Gasteiger partial charge in [-0.2, -0.15) is 0 Å². The Bertz CT molecular complexity index is 289. The molecule has 0 amide bonds. The van der Waals surface area contributed by atoms with Crippen molar-refractivity contribution in [3.8, 4) is 0 Å². The maximum absolute atomic E-state index is 3.73. The summed E-state index contributed by atoms with van der Waals surface area (Å²) >= 11 is 3.73. The number of hydrogen-bond acceptors (Lipinski definition) is 0. The monoisotopic (exact) mass is 240 g/mol. The molecule has 0 fully saturated rings. The highest BCUT2D eigenvalue weighted by molar-refractivity contribution is 9.09. The summed E-state index contributed by atoms with van der Waals surface area (Å²) in [5, 5.41) is 0. The van der Waals surface area contributed by atoms with E-state index in [0.29, 0.717) is 10.7 Å². The third-order valence-electron chi connectivity index (χ3n) is 2.31. The van der Waals surface area contributed by atoms with Crippen LogP contribution in [0, 0.1) is 19.8 Å². The molecule has 0 nitrogen and oxygen atoms in total. The van der Waals surface area contributed by atoms with Crippen molar-refractivity contribution in [3.05, 3.63) is 34.9 Å². The highest BCUT2D eigenvalue weighted by atomic mass is 79.9. The van der Waals surface area contributed by atoms with Crippen LogP contribution in [0.1, 0.15) is 35.4 Å². The van der Waals surface area contributed by atoms with Gasteiger partial charge < -0.3 is 0 Å². The standard InChI is InChI=1S/C12H17Br/c1-8(2)12(13)11-6-5-9(3)7-10(11)4/h5-8,12H,1-4H3. The second-order valence-electron chi connectivity index (χ2n) is 4.01. The van der Waals surface area contributed by atoms with E-state index in [2.05, 4.69) is 61.8 Å². The fourth-order valence-electron chi connectivity index (χ4n) is 1.49. The van der Waals surface area contributed by atoms with Crippen molar-refractivity contribution in [2.45, 2.75) is 32.5 Å². The molecule has 1 aromatic carbocycles. The van der Waals surface area contributed by atoms with Crippen LogP contribution < -0.4 is 0 Å². The molecule has 13 heavy (non-hydrogen) atoms. The fourth-order valence-corrected chi connectivity index (χ4v) is 2.01. The lowest BCUT2D eigenvalue weighted by atomic mass is 9.97. The smallest absolute Gasteiger partial charge is 0.0420 e. The van der Waals surface area contributed by atoms with E-state index in [9.17, 15) is 0 Å². The molecule has 1 aromatic rings. The molecule has 1 rings (SSSR count). The molecule has 1 heteroatoms. The van der Waals surface area contributed by atoms with Crippen LogP contribution in [0.2, 0.25) is 0 Å². The molecule has 1 atom stereocenters. The van der Waals surface area contributed by atoms with E-state index in [0.717, 1.165) is 0 Å². The molecule has 0 aliphatic rings. The van der Waals surface area contributed by atoms with Gasteiger partial charge in [-0.25, -0.2) is 0 Å². The number of rotatable bonds is 2. The van der Waals surface area contributed by atoms with Crippen LogP contribution in [-0.4, -0.2) is 0 Å². The summed E-state index contributed by atoms with van der Waals surface area (Å²) in [6, 6.07) is 6.65. The van der Waals surface area contributed by atoms with Gasteiger partial charge in [-0.1, -0.05) is 53.5 Å². The van der Waals surface area contributed by atoms with Gasteiger partial charge in [0.25, 0.3) is 0 Å². The summed E-state index contributed by atoms with van der Waals surface area (Å²) < 4.78 is 0. The average Bonchev–Trinajstić information content (AvgIpc) is 2.03. The molecular formula is C12H17Br. The SMILES string of the molecule is Cc1ccc(C(Br)C(C)C)c(C)c1. The van der Waals surface area contributed by atoms with Crippen molar-refractivity contribution in [1.29, 1.82) is 0 Å². The molecular weight excluding hydrogens is 224 g/mol. The van der Waals surface area contributed by atoms with Gasteiger partial charge in [0.2, 0.25) is 0 Å². The van der Waals surface area contributed by atoms with E-state index in [1.165, 1.54) is 16.7 Å². The molecule has 0 aliphatic carbocycles. The third kappa shape index (κ3) is 2.57. The Morgan fingerprint density at radius 3 is 2.23 bits per heavy atom. The van der Waals surface area contributed by atoms with Gasteiger partial charge in [0.1, 0.15) is 0 Å². The average molecular weight is 241 g/mol. The van der Waals surface area contributed by atoms with Gasteiger partial charge in [-0.15, -0.1) is 0 Å². The predicted octanol–water partition coefficient (Wildman–Crippen LogP) is 4.40. The number of halogens is 1. The van der Waals surface area contributed by atoms with Gasteiger partial charge in [0, 0.05) is 4.83 Å². The number of benzene rings is 1. The van der Waals surface area contributed by atoms with Crippen molar-refractivity contribution in [2.24, 2.45) is 5.92 Å². The Morgan fingerprint density at radius 1 is 1.15 bits per heavy atom. The van der Waals surface area contributed by atoms with Gasteiger partial charge in [-0.05, 0) is 30.9 Å². The first kappa shape index (κ1) is 10.8. The third-order valence-corrected chi connectivity index (χ3v) is 3.86. The first-order valence-corrected chi connectivity index (χ1v) is 5.65. The van der Waals surface area contributed by atoms with Gasteiger partial charge >= 0.3 is 0 Å². The predicted molar refractivity (Wildman–Crippen MR) is 62.4 cm³/mol. The van der Waals surface area contributed by atoms with Crippen molar-refractivity contribution >= 4 is 15.9 Å². The van der Waals surface area contributed by atoms with Crippen LogP contribution in [0.15, 0.2) is 18.2 Å². The van der Waals surface area contributed by atoms with Crippen LogP contribution >= 0.6 is 15.9 Å². The fraction of sp³-hybridized carbons (Fsp3) is 0.500. The van der Waals surface area contributed by atoms with E-state index in [-0.39, 0.29) is 0 Å². The zero-order chi connectivity index (χ0) is 10.0. The van der Waals surface area contributed by atoms with Crippen LogP contribution in [0.3, 0.4) is 0 Å². The van der Waals surface area contributed by atoms with E-state index >= 15 is 0 Å². The largest absolute Gasteiger partial charge is 0.0836 e. The molecule has 0 saturated carbocycles. The van der Waals surface area contributed by atoms with Crippen LogP contribution in [-0.2, 0) is 0 Å².